The summed E-state index contributed by atoms with van der Waals surface area (Å²) < 4.78 is 5.06. The van der Waals surface area contributed by atoms with Gasteiger partial charge in [0.05, 0.1) is 23.4 Å². The van der Waals surface area contributed by atoms with Crippen LogP contribution >= 0.6 is 11.6 Å². The molecule has 0 N–H and O–H groups in total. The van der Waals surface area contributed by atoms with E-state index in [-0.39, 0.29) is 12.0 Å². The van der Waals surface area contributed by atoms with E-state index >= 15 is 0 Å². The number of pyridine rings is 1. The summed E-state index contributed by atoms with van der Waals surface area (Å²) in [5.41, 5.74) is 2.99. The minimum absolute atomic E-state index is 0.0627. The maximum absolute atomic E-state index is 13.4. The van der Waals surface area contributed by atoms with Crippen LogP contribution < -0.4 is 0 Å². The van der Waals surface area contributed by atoms with Crippen LogP contribution in [0.15, 0.2) is 54.6 Å². The van der Waals surface area contributed by atoms with Gasteiger partial charge in [0, 0.05) is 42.2 Å². The predicted octanol–water partition coefficient (Wildman–Crippen LogP) is 4.47. The van der Waals surface area contributed by atoms with E-state index < -0.39 is 0 Å². The first kappa shape index (κ1) is 20.2. The molecule has 1 fully saturated rings. The van der Waals surface area contributed by atoms with Gasteiger partial charge >= 0.3 is 6.09 Å². The van der Waals surface area contributed by atoms with E-state index in [2.05, 4.69) is 0 Å². The van der Waals surface area contributed by atoms with E-state index in [9.17, 15) is 9.59 Å². The van der Waals surface area contributed by atoms with Crippen LogP contribution in [-0.4, -0.2) is 59.6 Å². The Morgan fingerprint density at radius 1 is 1.00 bits per heavy atom. The molecule has 1 aliphatic heterocycles. The summed E-state index contributed by atoms with van der Waals surface area (Å²) in [5.74, 6) is -0.0627. The first-order valence-electron chi connectivity index (χ1n) is 9.93. The fourth-order valence-corrected chi connectivity index (χ4v) is 3.72. The van der Waals surface area contributed by atoms with Crippen LogP contribution in [-0.2, 0) is 4.74 Å². The maximum atomic E-state index is 13.4. The van der Waals surface area contributed by atoms with Gasteiger partial charge in [-0.1, -0.05) is 41.9 Å². The van der Waals surface area contributed by atoms with E-state index in [0.717, 1.165) is 22.2 Å². The first-order chi connectivity index (χ1) is 14.6. The van der Waals surface area contributed by atoms with Gasteiger partial charge in [0.15, 0.2) is 0 Å². The molecule has 1 aromatic heterocycles. The Labute approximate surface area is 180 Å². The van der Waals surface area contributed by atoms with Crippen LogP contribution in [0.2, 0.25) is 5.02 Å². The molecule has 154 valence electrons. The van der Waals surface area contributed by atoms with Crippen LogP contribution in [0, 0.1) is 0 Å². The highest BCUT2D eigenvalue weighted by Gasteiger charge is 2.27. The summed E-state index contributed by atoms with van der Waals surface area (Å²) in [5, 5.41) is 1.46. The molecule has 30 heavy (non-hydrogen) atoms. The van der Waals surface area contributed by atoms with Crippen molar-refractivity contribution in [3.8, 4) is 11.3 Å². The number of ether oxygens (including phenoxy) is 1. The van der Waals surface area contributed by atoms with Gasteiger partial charge in [-0.3, -0.25) is 4.79 Å². The molecule has 4 rings (SSSR count). The topological polar surface area (TPSA) is 62.7 Å². The normalized spacial score (nSPS) is 14.1. The molecular weight excluding hydrogens is 402 g/mol. The average Bonchev–Trinajstić information content (AvgIpc) is 2.78. The fourth-order valence-electron chi connectivity index (χ4n) is 3.60. The van der Waals surface area contributed by atoms with Crippen molar-refractivity contribution in [1.29, 1.82) is 0 Å². The second kappa shape index (κ2) is 8.71. The van der Waals surface area contributed by atoms with Crippen molar-refractivity contribution in [2.24, 2.45) is 0 Å². The summed E-state index contributed by atoms with van der Waals surface area (Å²) in [6, 6.07) is 16.9. The average molecular weight is 424 g/mol. The molecule has 2 heterocycles. The monoisotopic (exact) mass is 423 g/mol. The Morgan fingerprint density at radius 2 is 1.67 bits per heavy atom. The Balaban J connectivity index is 1.64. The van der Waals surface area contributed by atoms with Crippen LogP contribution in [0.1, 0.15) is 17.3 Å². The maximum Gasteiger partial charge on any atom is 0.409 e. The number of hydrogen-bond acceptors (Lipinski definition) is 4. The lowest BCUT2D eigenvalue weighted by Gasteiger charge is -2.34. The Morgan fingerprint density at radius 3 is 2.37 bits per heavy atom. The zero-order valence-electron chi connectivity index (χ0n) is 16.7. The lowest BCUT2D eigenvalue weighted by Crippen LogP contribution is -2.50. The summed E-state index contributed by atoms with van der Waals surface area (Å²) in [6.45, 7) is 3.96. The van der Waals surface area contributed by atoms with Crippen LogP contribution in [0.4, 0.5) is 4.79 Å². The van der Waals surface area contributed by atoms with E-state index in [1.165, 1.54) is 0 Å². The summed E-state index contributed by atoms with van der Waals surface area (Å²) >= 11 is 6.01. The molecule has 0 bridgehead atoms. The van der Waals surface area contributed by atoms with Crippen molar-refractivity contribution in [3.05, 3.63) is 65.2 Å². The molecule has 1 saturated heterocycles. The van der Waals surface area contributed by atoms with Crippen molar-refractivity contribution in [2.45, 2.75) is 6.92 Å². The molecule has 2 amide bonds. The van der Waals surface area contributed by atoms with Gasteiger partial charge in [0.25, 0.3) is 5.91 Å². The third-order valence-corrected chi connectivity index (χ3v) is 5.43. The summed E-state index contributed by atoms with van der Waals surface area (Å²) in [7, 11) is 0. The van der Waals surface area contributed by atoms with Crippen LogP contribution in [0.3, 0.4) is 0 Å². The number of aromatic nitrogens is 1. The number of rotatable bonds is 3. The molecule has 0 aliphatic carbocycles. The highest BCUT2D eigenvalue weighted by Crippen LogP contribution is 2.27. The first-order valence-corrected chi connectivity index (χ1v) is 10.3. The fraction of sp³-hybridized carbons (Fsp3) is 0.261. The van der Waals surface area contributed by atoms with Crippen LogP contribution in [0.25, 0.3) is 22.2 Å². The molecule has 0 atom stereocenters. The molecule has 1 aliphatic rings. The van der Waals surface area contributed by atoms with E-state index in [0.29, 0.717) is 43.4 Å². The van der Waals surface area contributed by atoms with Crippen LogP contribution in [0.5, 0.6) is 0 Å². The number of para-hydroxylation sites is 1. The van der Waals surface area contributed by atoms with E-state index in [1.54, 1.807) is 16.7 Å². The number of benzene rings is 2. The largest absolute Gasteiger partial charge is 0.450 e. The number of piperazine rings is 1. The standard InChI is InChI=1S/C23H22ClN3O3/c1-2-30-23(29)27-13-11-26(12-14-27)22(28)19-15-21(16-7-9-17(24)10-8-16)25-20-6-4-3-5-18(19)20/h3-10,15H,2,11-14H2,1H3. The lowest BCUT2D eigenvalue weighted by atomic mass is 10.0. The zero-order valence-corrected chi connectivity index (χ0v) is 17.4. The molecular formula is C23H22ClN3O3. The number of fused-ring (bicyclic) bond motifs is 1. The smallest absolute Gasteiger partial charge is 0.409 e. The summed E-state index contributed by atoms with van der Waals surface area (Å²) in [4.78, 5) is 33.5. The number of nitrogens with zero attached hydrogens (tertiary/aromatic N) is 3. The van der Waals surface area contributed by atoms with Gasteiger partial charge in [-0.15, -0.1) is 0 Å². The number of carbonyl (C=O) groups is 2. The van der Waals surface area contributed by atoms with Crippen molar-refractivity contribution in [3.63, 3.8) is 0 Å². The van der Waals surface area contributed by atoms with Gasteiger partial charge in [-0.05, 0) is 31.2 Å². The minimum Gasteiger partial charge on any atom is -0.450 e. The molecule has 0 radical (unpaired) electrons. The number of halogens is 1. The Kier molecular flexibility index (Phi) is 5.86. The summed E-state index contributed by atoms with van der Waals surface area (Å²) in [6.07, 6.45) is -0.330. The lowest BCUT2D eigenvalue weighted by molar-refractivity contribution is 0.0572. The van der Waals surface area contributed by atoms with Gasteiger partial charge in [0.1, 0.15) is 0 Å². The molecule has 0 unspecified atom stereocenters. The molecule has 0 saturated carbocycles. The quantitative estimate of drug-likeness (QED) is 0.623. The molecule has 6 nitrogen and oxygen atoms in total. The van der Waals surface area contributed by atoms with Crippen molar-refractivity contribution >= 4 is 34.5 Å². The molecule has 3 aromatic rings. The SMILES string of the molecule is CCOC(=O)N1CCN(C(=O)c2cc(-c3ccc(Cl)cc3)nc3ccccc23)CC1. The molecule has 0 spiro atoms. The number of carbonyl (C=O) groups excluding carboxylic acids is 2. The Hall–Kier alpha value is -3.12. The molecule has 7 heteroatoms. The van der Waals surface area contributed by atoms with Gasteiger partial charge in [0.2, 0.25) is 0 Å². The minimum atomic E-state index is -0.330. The van der Waals surface area contributed by atoms with E-state index in [4.69, 9.17) is 21.3 Å². The van der Waals surface area contributed by atoms with Gasteiger partial charge in [-0.2, -0.15) is 0 Å². The second-order valence-corrected chi connectivity index (χ2v) is 7.49. The zero-order chi connectivity index (χ0) is 21.1. The molecule has 2 aromatic carbocycles. The van der Waals surface area contributed by atoms with Crippen molar-refractivity contribution in [1.82, 2.24) is 14.8 Å². The van der Waals surface area contributed by atoms with Gasteiger partial charge in [-0.25, -0.2) is 9.78 Å². The highest BCUT2D eigenvalue weighted by molar-refractivity contribution is 6.30. The Bertz CT molecular complexity index is 1080. The van der Waals surface area contributed by atoms with Gasteiger partial charge < -0.3 is 14.5 Å². The van der Waals surface area contributed by atoms with E-state index in [1.807, 2.05) is 54.6 Å². The number of amides is 2. The van der Waals surface area contributed by atoms with Crippen molar-refractivity contribution in [2.75, 3.05) is 32.8 Å². The highest BCUT2D eigenvalue weighted by atomic mass is 35.5. The second-order valence-electron chi connectivity index (χ2n) is 7.06. The number of hydrogen-bond donors (Lipinski definition) is 0. The third kappa shape index (κ3) is 4.09. The predicted molar refractivity (Wildman–Crippen MR) is 117 cm³/mol. The third-order valence-electron chi connectivity index (χ3n) is 5.18. The van der Waals surface area contributed by atoms with Crippen molar-refractivity contribution < 1.29 is 14.3 Å².